The third-order valence-corrected chi connectivity index (χ3v) is 4.54. The van der Waals surface area contributed by atoms with Crippen LogP contribution in [-0.4, -0.2) is 17.0 Å². The third-order valence-electron chi connectivity index (χ3n) is 4.54. The maximum atomic E-state index is 12.4. The van der Waals surface area contributed by atoms with Gasteiger partial charge in [-0.1, -0.05) is 48.0 Å². The molecule has 0 radical (unpaired) electrons. The molecule has 150 valence electrons. The summed E-state index contributed by atoms with van der Waals surface area (Å²) in [7, 11) is 0. The van der Waals surface area contributed by atoms with Crippen molar-refractivity contribution in [3.05, 3.63) is 93.3 Å². The fraction of sp³-hybridized carbons (Fsp3) is 0.250. The van der Waals surface area contributed by atoms with Gasteiger partial charge in [0.15, 0.2) is 0 Å². The van der Waals surface area contributed by atoms with E-state index in [1.165, 1.54) is 0 Å². The Labute approximate surface area is 170 Å². The molecule has 0 aliphatic rings. The summed E-state index contributed by atoms with van der Waals surface area (Å²) in [5.41, 5.74) is 4.44. The van der Waals surface area contributed by atoms with Crippen LogP contribution in [-0.2, 0) is 17.9 Å². The molecule has 0 aliphatic carbocycles. The van der Waals surface area contributed by atoms with Crippen molar-refractivity contribution >= 4 is 5.91 Å². The first-order valence-electron chi connectivity index (χ1n) is 9.70. The lowest BCUT2D eigenvalue weighted by atomic mass is 10.1. The Morgan fingerprint density at radius 1 is 1.03 bits per heavy atom. The molecule has 2 N–H and O–H groups in total. The number of aromatic amines is 1. The number of aromatic nitrogens is 1. The molecule has 0 atom stereocenters. The van der Waals surface area contributed by atoms with Crippen LogP contribution in [0.25, 0.3) is 11.3 Å². The largest absolute Gasteiger partial charge is 0.374 e. The summed E-state index contributed by atoms with van der Waals surface area (Å²) in [6.45, 7) is 6.90. The average Bonchev–Trinajstić information content (AvgIpc) is 2.71. The number of carbonyl (C=O) groups excluding carboxylic acids is 1. The lowest BCUT2D eigenvalue weighted by Gasteiger charge is -2.09. The van der Waals surface area contributed by atoms with Gasteiger partial charge in [0.25, 0.3) is 11.5 Å². The van der Waals surface area contributed by atoms with E-state index in [0.29, 0.717) is 18.8 Å². The van der Waals surface area contributed by atoms with Crippen molar-refractivity contribution in [2.75, 3.05) is 0 Å². The normalized spacial score (nSPS) is 10.9. The van der Waals surface area contributed by atoms with Gasteiger partial charge in [-0.05, 0) is 55.7 Å². The number of pyridine rings is 1. The highest BCUT2D eigenvalue weighted by atomic mass is 16.5. The maximum Gasteiger partial charge on any atom is 0.261 e. The fourth-order valence-electron chi connectivity index (χ4n) is 2.93. The van der Waals surface area contributed by atoms with Crippen LogP contribution in [0.4, 0.5) is 0 Å². The molecule has 0 fully saturated rings. The number of amides is 1. The molecule has 0 unspecified atom stereocenters. The molecule has 5 nitrogen and oxygen atoms in total. The standard InChI is InChI=1S/C24H26N2O3/c1-16(2)29-15-19-9-7-18(8-10-19)14-25-23(27)21-11-12-22(26-24(21)28)20-6-4-5-17(3)13-20/h4-13,16H,14-15H2,1-3H3,(H,25,27)(H,26,28). The molecule has 2 aromatic carbocycles. The Balaban J connectivity index is 1.63. The van der Waals surface area contributed by atoms with E-state index in [1.54, 1.807) is 12.1 Å². The first-order valence-corrected chi connectivity index (χ1v) is 9.70. The molecule has 0 bridgehead atoms. The van der Waals surface area contributed by atoms with E-state index in [9.17, 15) is 9.59 Å². The van der Waals surface area contributed by atoms with E-state index in [2.05, 4.69) is 10.3 Å². The predicted molar refractivity (Wildman–Crippen MR) is 115 cm³/mol. The van der Waals surface area contributed by atoms with Crippen molar-refractivity contribution in [2.45, 2.75) is 40.0 Å². The van der Waals surface area contributed by atoms with E-state index in [0.717, 1.165) is 22.3 Å². The monoisotopic (exact) mass is 390 g/mol. The molecule has 1 aromatic heterocycles. The van der Waals surface area contributed by atoms with Gasteiger partial charge in [0.1, 0.15) is 5.56 Å². The lowest BCUT2D eigenvalue weighted by Crippen LogP contribution is -2.29. The van der Waals surface area contributed by atoms with Crippen molar-refractivity contribution in [3.8, 4) is 11.3 Å². The fourth-order valence-corrected chi connectivity index (χ4v) is 2.93. The van der Waals surface area contributed by atoms with Crippen LogP contribution in [0.5, 0.6) is 0 Å². The Morgan fingerprint density at radius 3 is 2.41 bits per heavy atom. The van der Waals surface area contributed by atoms with Gasteiger partial charge in [-0.25, -0.2) is 0 Å². The topological polar surface area (TPSA) is 71.2 Å². The van der Waals surface area contributed by atoms with Gasteiger partial charge < -0.3 is 15.0 Å². The van der Waals surface area contributed by atoms with Crippen LogP contribution in [0.1, 0.15) is 40.9 Å². The number of hydrogen-bond acceptors (Lipinski definition) is 3. The van der Waals surface area contributed by atoms with Crippen LogP contribution in [0.3, 0.4) is 0 Å². The first kappa shape index (κ1) is 20.6. The Kier molecular flexibility index (Phi) is 6.62. The van der Waals surface area contributed by atoms with Crippen LogP contribution >= 0.6 is 0 Å². The Morgan fingerprint density at radius 2 is 1.76 bits per heavy atom. The summed E-state index contributed by atoms with van der Waals surface area (Å²) >= 11 is 0. The first-order chi connectivity index (χ1) is 13.9. The second-order valence-corrected chi connectivity index (χ2v) is 7.34. The number of hydrogen-bond donors (Lipinski definition) is 2. The molecule has 5 heteroatoms. The lowest BCUT2D eigenvalue weighted by molar-refractivity contribution is 0.0657. The van der Waals surface area contributed by atoms with E-state index in [1.807, 2.05) is 69.3 Å². The molecular weight excluding hydrogens is 364 g/mol. The Hall–Kier alpha value is -3.18. The summed E-state index contributed by atoms with van der Waals surface area (Å²) in [6.07, 6.45) is 0.185. The van der Waals surface area contributed by atoms with E-state index in [-0.39, 0.29) is 11.7 Å². The zero-order chi connectivity index (χ0) is 20.8. The number of benzene rings is 2. The number of nitrogens with one attached hydrogen (secondary N) is 2. The van der Waals surface area contributed by atoms with Gasteiger partial charge in [-0.3, -0.25) is 9.59 Å². The molecule has 3 rings (SSSR count). The van der Waals surface area contributed by atoms with Gasteiger partial charge >= 0.3 is 0 Å². The second kappa shape index (κ2) is 9.34. The zero-order valence-corrected chi connectivity index (χ0v) is 17.0. The predicted octanol–water partition coefficient (Wildman–Crippen LogP) is 4.21. The minimum atomic E-state index is -0.400. The maximum absolute atomic E-state index is 12.4. The molecule has 3 aromatic rings. The van der Waals surface area contributed by atoms with Crippen molar-refractivity contribution in [2.24, 2.45) is 0 Å². The van der Waals surface area contributed by atoms with Gasteiger partial charge in [-0.15, -0.1) is 0 Å². The van der Waals surface area contributed by atoms with Gasteiger partial charge in [0.2, 0.25) is 0 Å². The van der Waals surface area contributed by atoms with Crippen LogP contribution in [0.15, 0.2) is 65.5 Å². The minimum absolute atomic E-state index is 0.100. The molecule has 0 aliphatic heterocycles. The van der Waals surface area contributed by atoms with Crippen molar-refractivity contribution in [1.82, 2.24) is 10.3 Å². The Bertz CT molecular complexity index is 1040. The molecule has 1 amide bonds. The number of carbonyl (C=O) groups is 1. The zero-order valence-electron chi connectivity index (χ0n) is 17.0. The number of rotatable bonds is 7. The van der Waals surface area contributed by atoms with Crippen LogP contribution in [0, 0.1) is 6.92 Å². The summed E-state index contributed by atoms with van der Waals surface area (Å²) in [4.78, 5) is 27.6. The number of ether oxygens (including phenoxy) is 1. The van der Waals surface area contributed by atoms with E-state index >= 15 is 0 Å². The number of H-pyrrole nitrogens is 1. The molecule has 29 heavy (non-hydrogen) atoms. The highest BCUT2D eigenvalue weighted by molar-refractivity contribution is 5.94. The summed E-state index contributed by atoms with van der Waals surface area (Å²) in [5, 5.41) is 2.80. The van der Waals surface area contributed by atoms with Crippen LogP contribution in [0.2, 0.25) is 0 Å². The highest BCUT2D eigenvalue weighted by Gasteiger charge is 2.11. The summed E-state index contributed by atoms with van der Waals surface area (Å²) in [5.74, 6) is -0.394. The SMILES string of the molecule is Cc1cccc(-c2ccc(C(=O)NCc3ccc(COC(C)C)cc3)c(=O)[nH]2)c1. The van der Waals surface area contributed by atoms with E-state index in [4.69, 9.17) is 4.74 Å². The smallest absolute Gasteiger partial charge is 0.261 e. The summed E-state index contributed by atoms with van der Waals surface area (Å²) in [6, 6.07) is 19.0. The quantitative estimate of drug-likeness (QED) is 0.635. The van der Waals surface area contributed by atoms with Gasteiger partial charge in [0, 0.05) is 12.2 Å². The van der Waals surface area contributed by atoms with Crippen molar-refractivity contribution in [3.63, 3.8) is 0 Å². The molecular formula is C24H26N2O3. The highest BCUT2D eigenvalue weighted by Crippen LogP contribution is 2.17. The average molecular weight is 390 g/mol. The molecule has 0 spiro atoms. The van der Waals surface area contributed by atoms with Gasteiger partial charge in [0.05, 0.1) is 12.7 Å². The van der Waals surface area contributed by atoms with E-state index < -0.39 is 11.5 Å². The second-order valence-electron chi connectivity index (χ2n) is 7.34. The van der Waals surface area contributed by atoms with Crippen molar-refractivity contribution < 1.29 is 9.53 Å². The van der Waals surface area contributed by atoms with Crippen molar-refractivity contribution in [1.29, 1.82) is 0 Å². The molecule has 0 saturated heterocycles. The molecule has 1 heterocycles. The van der Waals surface area contributed by atoms with Crippen LogP contribution < -0.4 is 10.9 Å². The minimum Gasteiger partial charge on any atom is -0.374 e. The van der Waals surface area contributed by atoms with Gasteiger partial charge in [-0.2, -0.15) is 0 Å². The third kappa shape index (κ3) is 5.65. The molecule has 0 saturated carbocycles. The number of aryl methyl sites for hydroxylation is 1. The summed E-state index contributed by atoms with van der Waals surface area (Å²) < 4.78 is 5.58.